The average Bonchev–Trinajstić information content (AvgIpc) is 2.59. The van der Waals surface area contributed by atoms with Crippen molar-refractivity contribution < 1.29 is 0 Å². The first-order chi connectivity index (χ1) is 9.16. The minimum atomic E-state index is 0.158. The van der Waals surface area contributed by atoms with Crippen molar-refractivity contribution in [1.29, 1.82) is 0 Å². The van der Waals surface area contributed by atoms with Gasteiger partial charge in [-0.1, -0.05) is 12.1 Å². The van der Waals surface area contributed by atoms with Crippen molar-refractivity contribution in [3.8, 4) is 0 Å². The lowest BCUT2D eigenvalue weighted by atomic mass is 10.0. The number of fused-ring (bicyclic) bond motifs is 1. The number of nitrogens with one attached hydrogen (secondary N) is 1. The standard InChI is InChI=1S/C16H21N3/c1-16(2)12-19(10-4-8-18-16)15-6-3-5-13-11-17-9-7-14(13)15/h3,5-7,9,11,18H,4,8,10,12H2,1-2H3. The van der Waals surface area contributed by atoms with Gasteiger partial charge in [0, 0.05) is 47.5 Å². The van der Waals surface area contributed by atoms with Crippen molar-refractivity contribution >= 4 is 16.5 Å². The van der Waals surface area contributed by atoms with Crippen LogP contribution in [0.4, 0.5) is 5.69 Å². The van der Waals surface area contributed by atoms with Crippen molar-refractivity contribution in [1.82, 2.24) is 10.3 Å². The van der Waals surface area contributed by atoms with Gasteiger partial charge in [-0.3, -0.25) is 4.98 Å². The van der Waals surface area contributed by atoms with Crippen LogP contribution in [0.5, 0.6) is 0 Å². The van der Waals surface area contributed by atoms with Crippen LogP contribution in [0.15, 0.2) is 36.7 Å². The van der Waals surface area contributed by atoms with Gasteiger partial charge >= 0.3 is 0 Å². The molecule has 3 rings (SSSR count). The van der Waals surface area contributed by atoms with Crippen molar-refractivity contribution in [3.05, 3.63) is 36.7 Å². The summed E-state index contributed by atoms with van der Waals surface area (Å²) in [5, 5.41) is 6.13. The van der Waals surface area contributed by atoms with Gasteiger partial charge in [0.15, 0.2) is 0 Å². The van der Waals surface area contributed by atoms with Gasteiger partial charge in [0.1, 0.15) is 0 Å². The molecule has 0 saturated carbocycles. The predicted molar refractivity (Wildman–Crippen MR) is 80.7 cm³/mol. The zero-order chi connectivity index (χ0) is 13.3. The lowest BCUT2D eigenvalue weighted by molar-refractivity contribution is 0.416. The highest BCUT2D eigenvalue weighted by Gasteiger charge is 2.24. The van der Waals surface area contributed by atoms with Crippen LogP contribution < -0.4 is 10.2 Å². The highest BCUT2D eigenvalue weighted by atomic mass is 15.2. The topological polar surface area (TPSA) is 28.2 Å². The van der Waals surface area contributed by atoms with E-state index in [2.05, 4.69) is 53.3 Å². The summed E-state index contributed by atoms with van der Waals surface area (Å²) in [7, 11) is 0. The summed E-state index contributed by atoms with van der Waals surface area (Å²) in [6.07, 6.45) is 5.01. The molecule has 0 bridgehead atoms. The number of hydrogen-bond donors (Lipinski definition) is 1. The van der Waals surface area contributed by atoms with Gasteiger partial charge in [-0.25, -0.2) is 0 Å². The summed E-state index contributed by atoms with van der Waals surface area (Å²) in [6.45, 7) is 7.79. The molecule has 2 heterocycles. The summed E-state index contributed by atoms with van der Waals surface area (Å²) in [6, 6.07) is 8.61. The van der Waals surface area contributed by atoms with E-state index >= 15 is 0 Å². The molecule has 1 fully saturated rings. The van der Waals surface area contributed by atoms with Crippen molar-refractivity contribution in [2.75, 3.05) is 24.5 Å². The van der Waals surface area contributed by atoms with Gasteiger partial charge in [0.05, 0.1) is 0 Å². The first kappa shape index (κ1) is 12.4. The molecule has 1 aromatic carbocycles. The second kappa shape index (κ2) is 4.82. The van der Waals surface area contributed by atoms with Crippen LogP contribution in [-0.2, 0) is 0 Å². The molecule has 0 unspecified atom stereocenters. The molecule has 100 valence electrons. The largest absolute Gasteiger partial charge is 0.369 e. The third kappa shape index (κ3) is 2.56. The van der Waals surface area contributed by atoms with E-state index in [1.807, 2.05) is 12.4 Å². The predicted octanol–water partition coefficient (Wildman–Crippen LogP) is 2.81. The number of rotatable bonds is 1. The lowest BCUT2D eigenvalue weighted by Crippen LogP contribution is -2.46. The van der Waals surface area contributed by atoms with Gasteiger partial charge in [0.25, 0.3) is 0 Å². The second-order valence-corrected chi connectivity index (χ2v) is 5.96. The Balaban J connectivity index is 2.03. The number of nitrogens with zero attached hydrogens (tertiary/aromatic N) is 2. The molecule has 19 heavy (non-hydrogen) atoms. The maximum atomic E-state index is 4.22. The molecule has 0 radical (unpaired) electrons. The van der Waals surface area contributed by atoms with E-state index in [1.54, 1.807) is 0 Å². The number of hydrogen-bond acceptors (Lipinski definition) is 3. The van der Waals surface area contributed by atoms with Crippen LogP contribution >= 0.6 is 0 Å². The fourth-order valence-electron chi connectivity index (χ4n) is 2.90. The quantitative estimate of drug-likeness (QED) is 0.849. The highest BCUT2D eigenvalue weighted by Crippen LogP contribution is 2.28. The van der Waals surface area contributed by atoms with Crippen LogP contribution in [0, 0.1) is 0 Å². The molecule has 1 aromatic heterocycles. The minimum absolute atomic E-state index is 0.158. The Hall–Kier alpha value is -1.61. The normalized spacial score (nSPS) is 19.4. The van der Waals surface area contributed by atoms with Gasteiger partial charge in [-0.2, -0.15) is 0 Å². The SMILES string of the molecule is CC1(C)CN(c2cccc3cnccc23)CCCN1. The molecule has 3 heteroatoms. The summed E-state index contributed by atoms with van der Waals surface area (Å²) >= 11 is 0. The molecule has 0 atom stereocenters. The number of benzene rings is 1. The third-order valence-electron chi connectivity index (χ3n) is 3.79. The Morgan fingerprint density at radius 1 is 1.26 bits per heavy atom. The summed E-state index contributed by atoms with van der Waals surface area (Å²) in [5.41, 5.74) is 1.49. The van der Waals surface area contributed by atoms with Crippen LogP contribution in [0.1, 0.15) is 20.3 Å². The summed E-state index contributed by atoms with van der Waals surface area (Å²) < 4.78 is 0. The Bertz CT molecular complexity index is 572. The van der Waals surface area contributed by atoms with Gasteiger partial charge < -0.3 is 10.2 Å². The minimum Gasteiger partial charge on any atom is -0.369 e. The molecule has 1 aliphatic heterocycles. The second-order valence-electron chi connectivity index (χ2n) is 5.96. The fourth-order valence-corrected chi connectivity index (χ4v) is 2.90. The molecule has 0 amide bonds. The molecule has 2 aromatic rings. The summed E-state index contributed by atoms with van der Waals surface area (Å²) in [5.74, 6) is 0. The number of pyridine rings is 1. The zero-order valence-corrected chi connectivity index (χ0v) is 11.7. The first-order valence-corrected chi connectivity index (χ1v) is 6.98. The van der Waals surface area contributed by atoms with E-state index in [9.17, 15) is 0 Å². The Labute approximate surface area is 114 Å². The molecular formula is C16H21N3. The lowest BCUT2D eigenvalue weighted by Gasteiger charge is -2.32. The Morgan fingerprint density at radius 2 is 2.16 bits per heavy atom. The van der Waals surface area contributed by atoms with Crippen molar-refractivity contribution in [2.45, 2.75) is 25.8 Å². The van der Waals surface area contributed by atoms with E-state index in [0.29, 0.717) is 0 Å². The van der Waals surface area contributed by atoms with E-state index in [-0.39, 0.29) is 5.54 Å². The summed E-state index contributed by atoms with van der Waals surface area (Å²) in [4.78, 5) is 6.72. The zero-order valence-electron chi connectivity index (χ0n) is 11.7. The van der Waals surface area contributed by atoms with Gasteiger partial charge in [0.2, 0.25) is 0 Å². The average molecular weight is 255 g/mol. The van der Waals surface area contributed by atoms with E-state index in [0.717, 1.165) is 19.6 Å². The molecule has 0 spiro atoms. The molecule has 0 aliphatic carbocycles. The van der Waals surface area contributed by atoms with Crippen LogP contribution in [0.3, 0.4) is 0 Å². The highest BCUT2D eigenvalue weighted by molar-refractivity contribution is 5.93. The van der Waals surface area contributed by atoms with Crippen molar-refractivity contribution in [3.63, 3.8) is 0 Å². The molecule has 1 saturated heterocycles. The fraction of sp³-hybridized carbons (Fsp3) is 0.438. The van der Waals surface area contributed by atoms with E-state index < -0.39 is 0 Å². The Kier molecular flexibility index (Phi) is 3.15. The van der Waals surface area contributed by atoms with Crippen LogP contribution in [0.25, 0.3) is 10.8 Å². The maximum Gasteiger partial charge on any atom is 0.0447 e. The molecule has 3 nitrogen and oxygen atoms in total. The van der Waals surface area contributed by atoms with E-state index in [4.69, 9.17) is 0 Å². The number of aromatic nitrogens is 1. The molecule has 1 aliphatic rings. The Morgan fingerprint density at radius 3 is 3.05 bits per heavy atom. The smallest absolute Gasteiger partial charge is 0.0447 e. The van der Waals surface area contributed by atoms with Gasteiger partial charge in [-0.05, 0) is 38.9 Å². The maximum absolute atomic E-state index is 4.22. The van der Waals surface area contributed by atoms with Crippen molar-refractivity contribution in [2.24, 2.45) is 0 Å². The third-order valence-corrected chi connectivity index (χ3v) is 3.79. The van der Waals surface area contributed by atoms with Crippen LogP contribution in [0.2, 0.25) is 0 Å². The van der Waals surface area contributed by atoms with Crippen LogP contribution in [-0.4, -0.2) is 30.2 Å². The molecular weight excluding hydrogens is 234 g/mol. The molecule has 1 N–H and O–H groups in total. The monoisotopic (exact) mass is 255 g/mol. The first-order valence-electron chi connectivity index (χ1n) is 6.98. The number of anilines is 1. The van der Waals surface area contributed by atoms with E-state index in [1.165, 1.54) is 22.9 Å². The van der Waals surface area contributed by atoms with Gasteiger partial charge in [-0.15, -0.1) is 0 Å².